The molecule has 38 heavy (non-hydrogen) atoms. The lowest BCUT2D eigenvalue weighted by Crippen LogP contribution is -2.22. The summed E-state index contributed by atoms with van der Waals surface area (Å²) in [4.78, 5) is 9.34. The largest absolute Gasteiger partial charge is 0.489 e. The van der Waals surface area contributed by atoms with E-state index in [0.717, 1.165) is 17.5 Å². The molecule has 1 fully saturated rings. The van der Waals surface area contributed by atoms with Crippen LogP contribution >= 0.6 is 0 Å². The molecule has 0 bridgehead atoms. The number of amides is 1. The van der Waals surface area contributed by atoms with E-state index in [1.165, 1.54) is 54.9 Å². The number of aliphatic hydroxyl groups is 1. The van der Waals surface area contributed by atoms with E-state index in [9.17, 15) is 9.18 Å². The van der Waals surface area contributed by atoms with Crippen molar-refractivity contribution in [3.05, 3.63) is 88.7 Å². The molecule has 0 atom stereocenters. The van der Waals surface area contributed by atoms with E-state index in [1.54, 1.807) is 13.0 Å². The van der Waals surface area contributed by atoms with Gasteiger partial charge in [0.05, 0.1) is 6.61 Å². The van der Waals surface area contributed by atoms with E-state index in [2.05, 4.69) is 61.6 Å². The number of ether oxygens (including phenoxy) is 1. The van der Waals surface area contributed by atoms with Crippen LogP contribution in [0.2, 0.25) is 0 Å². The third-order valence-corrected chi connectivity index (χ3v) is 6.46. The summed E-state index contributed by atoms with van der Waals surface area (Å²) in [7, 11) is 0. The molecule has 6 heteroatoms. The third-order valence-electron chi connectivity index (χ3n) is 6.46. The highest BCUT2D eigenvalue weighted by Gasteiger charge is 2.08. The molecule has 0 heterocycles. The number of benzene rings is 3. The number of rotatable bonds is 8. The molecule has 1 aliphatic carbocycles. The van der Waals surface area contributed by atoms with E-state index < -0.39 is 0 Å². The zero-order valence-corrected chi connectivity index (χ0v) is 23.0. The zero-order chi connectivity index (χ0) is 27.8. The van der Waals surface area contributed by atoms with Gasteiger partial charge in [0, 0.05) is 18.7 Å². The number of hydrogen-bond donors (Lipinski definition) is 3. The SMILES string of the molecule is CCc1ccc(-c2ccc(C)cc2COc2ccc(C)c(F)c2)cc1.NC1CCCCC1.O=CNCCO. The summed E-state index contributed by atoms with van der Waals surface area (Å²) >= 11 is 0. The highest BCUT2D eigenvalue weighted by molar-refractivity contribution is 5.68. The summed E-state index contributed by atoms with van der Waals surface area (Å²) in [6.07, 6.45) is 8.25. The first kappa shape index (κ1) is 31.0. The molecule has 206 valence electrons. The molecular weight excluding hydrogens is 479 g/mol. The Morgan fingerprint density at radius 3 is 2.26 bits per heavy atom. The number of aliphatic hydroxyl groups excluding tert-OH is 1. The third kappa shape index (κ3) is 11.0. The van der Waals surface area contributed by atoms with Gasteiger partial charge in [0.15, 0.2) is 0 Å². The van der Waals surface area contributed by atoms with Crippen LogP contribution in [0.5, 0.6) is 5.75 Å². The highest BCUT2D eigenvalue weighted by atomic mass is 19.1. The zero-order valence-electron chi connectivity index (χ0n) is 23.0. The predicted octanol–water partition coefficient (Wildman–Crippen LogP) is 6.25. The average Bonchev–Trinajstić information content (AvgIpc) is 2.94. The Balaban J connectivity index is 0.000000320. The van der Waals surface area contributed by atoms with E-state index >= 15 is 0 Å². The molecule has 0 radical (unpaired) electrons. The fraction of sp³-hybridized carbons (Fsp3) is 0.406. The van der Waals surface area contributed by atoms with Gasteiger partial charge in [-0.25, -0.2) is 4.39 Å². The second-order valence-electron chi connectivity index (χ2n) is 9.60. The van der Waals surface area contributed by atoms with Crippen molar-refractivity contribution < 1.29 is 19.0 Å². The van der Waals surface area contributed by atoms with Crippen molar-refractivity contribution in [2.75, 3.05) is 13.2 Å². The lowest BCUT2D eigenvalue weighted by atomic mass is 9.97. The van der Waals surface area contributed by atoms with Gasteiger partial charge < -0.3 is 20.9 Å². The Labute approximate surface area is 227 Å². The normalized spacial score (nSPS) is 12.9. The standard InChI is InChI=1S/C23H23FO.C6H13N.C3H7NO2/c1-4-18-7-9-19(10-8-18)22-12-5-16(2)13-20(22)15-25-21-11-6-17(3)23(24)14-21;7-6-4-2-1-3-5-6;5-2-1-4-3-6/h5-14H,4,15H2,1-3H3;6H,1-5,7H2;3,5H,1-2H2,(H,4,6). The lowest BCUT2D eigenvalue weighted by Gasteiger charge is -2.15. The Morgan fingerprint density at radius 1 is 1.03 bits per heavy atom. The first-order valence-electron chi connectivity index (χ1n) is 13.5. The maximum Gasteiger partial charge on any atom is 0.207 e. The summed E-state index contributed by atoms with van der Waals surface area (Å²) < 4.78 is 19.6. The van der Waals surface area contributed by atoms with Crippen molar-refractivity contribution in [2.45, 2.75) is 71.9 Å². The molecule has 3 aromatic rings. The Hall–Kier alpha value is -3.22. The van der Waals surface area contributed by atoms with E-state index in [0.29, 0.717) is 36.9 Å². The molecule has 0 spiro atoms. The van der Waals surface area contributed by atoms with Crippen LogP contribution in [0.3, 0.4) is 0 Å². The fourth-order valence-electron chi connectivity index (χ4n) is 4.13. The Bertz CT molecular complexity index is 1100. The minimum absolute atomic E-state index is 0.0126. The number of nitrogens with one attached hydrogen (secondary N) is 1. The van der Waals surface area contributed by atoms with Gasteiger partial charge in [0.25, 0.3) is 0 Å². The van der Waals surface area contributed by atoms with Gasteiger partial charge in [-0.3, -0.25) is 4.79 Å². The van der Waals surface area contributed by atoms with E-state index in [1.807, 2.05) is 6.07 Å². The van der Waals surface area contributed by atoms with Crippen molar-refractivity contribution in [1.29, 1.82) is 0 Å². The van der Waals surface area contributed by atoms with Crippen LogP contribution < -0.4 is 15.8 Å². The average molecular weight is 523 g/mol. The van der Waals surface area contributed by atoms with Gasteiger partial charge in [-0.05, 0) is 67.0 Å². The molecule has 1 saturated carbocycles. The quantitative estimate of drug-likeness (QED) is 0.241. The predicted molar refractivity (Wildman–Crippen MR) is 154 cm³/mol. The number of aryl methyl sites for hydroxylation is 3. The smallest absolute Gasteiger partial charge is 0.207 e. The van der Waals surface area contributed by atoms with Gasteiger partial charge in [0.2, 0.25) is 6.41 Å². The van der Waals surface area contributed by atoms with Crippen molar-refractivity contribution in [3.8, 4) is 16.9 Å². The van der Waals surface area contributed by atoms with Gasteiger partial charge in [0.1, 0.15) is 18.2 Å². The summed E-state index contributed by atoms with van der Waals surface area (Å²) in [5, 5.41) is 10.2. The number of carbonyl (C=O) groups is 1. The molecule has 4 rings (SSSR count). The van der Waals surface area contributed by atoms with Crippen molar-refractivity contribution >= 4 is 6.41 Å². The monoisotopic (exact) mass is 522 g/mol. The van der Waals surface area contributed by atoms with Crippen LogP contribution in [0.25, 0.3) is 11.1 Å². The molecule has 0 aliphatic heterocycles. The number of halogens is 1. The minimum atomic E-state index is -0.239. The van der Waals surface area contributed by atoms with Crippen LogP contribution in [-0.2, 0) is 17.8 Å². The van der Waals surface area contributed by atoms with Gasteiger partial charge in [-0.2, -0.15) is 0 Å². The molecule has 1 aliphatic rings. The van der Waals surface area contributed by atoms with E-state index in [-0.39, 0.29) is 12.4 Å². The molecule has 1 amide bonds. The lowest BCUT2D eigenvalue weighted by molar-refractivity contribution is -0.109. The first-order chi connectivity index (χ1) is 18.4. The van der Waals surface area contributed by atoms with Crippen LogP contribution in [0.1, 0.15) is 61.3 Å². The molecule has 0 unspecified atom stereocenters. The number of hydrogen-bond acceptors (Lipinski definition) is 4. The Kier molecular flexibility index (Phi) is 14.1. The highest BCUT2D eigenvalue weighted by Crippen LogP contribution is 2.27. The van der Waals surface area contributed by atoms with Gasteiger partial charge in [-0.15, -0.1) is 0 Å². The van der Waals surface area contributed by atoms with Crippen LogP contribution in [0.4, 0.5) is 4.39 Å². The van der Waals surface area contributed by atoms with Crippen LogP contribution in [0, 0.1) is 19.7 Å². The number of nitrogens with two attached hydrogens (primary N) is 1. The summed E-state index contributed by atoms with van der Waals surface area (Å²) in [5.41, 5.74) is 12.2. The second kappa shape index (κ2) is 17.3. The molecule has 0 aromatic heterocycles. The molecule has 4 N–H and O–H groups in total. The van der Waals surface area contributed by atoms with Crippen LogP contribution in [0.15, 0.2) is 60.7 Å². The fourth-order valence-corrected chi connectivity index (χ4v) is 4.13. The van der Waals surface area contributed by atoms with Gasteiger partial charge in [-0.1, -0.05) is 80.3 Å². The maximum absolute atomic E-state index is 13.7. The molecular formula is C32H43FN2O3. The van der Waals surface area contributed by atoms with Gasteiger partial charge >= 0.3 is 0 Å². The molecule has 5 nitrogen and oxygen atoms in total. The Morgan fingerprint density at radius 2 is 1.74 bits per heavy atom. The van der Waals surface area contributed by atoms with Crippen molar-refractivity contribution in [3.63, 3.8) is 0 Å². The summed E-state index contributed by atoms with van der Waals surface area (Å²) in [5.74, 6) is 0.314. The maximum atomic E-state index is 13.7. The topological polar surface area (TPSA) is 84.6 Å². The van der Waals surface area contributed by atoms with E-state index in [4.69, 9.17) is 15.6 Å². The number of carbonyl (C=O) groups excluding carboxylic acids is 1. The van der Waals surface area contributed by atoms with Crippen LogP contribution in [-0.4, -0.2) is 30.7 Å². The summed E-state index contributed by atoms with van der Waals surface area (Å²) in [6.45, 7) is 6.74. The van der Waals surface area contributed by atoms with Crippen molar-refractivity contribution in [2.24, 2.45) is 5.73 Å². The minimum Gasteiger partial charge on any atom is -0.489 e. The van der Waals surface area contributed by atoms with Crippen molar-refractivity contribution in [1.82, 2.24) is 5.32 Å². The second-order valence-corrected chi connectivity index (χ2v) is 9.60. The first-order valence-corrected chi connectivity index (χ1v) is 13.5. The molecule has 0 saturated heterocycles. The molecule has 3 aromatic carbocycles. The summed E-state index contributed by atoms with van der Waals surface area (Å²) in [6, 6.07) is 20.5.